The van der Waals surface area contributed by atoms with Crippen molar-refractivity contribution in [3.8, 4) is 6.07 Å². The predicted octanol–water partition coefficient (Wildman–Crippen LogP) is 1.66. The second-order valence-corrected chi connectivity index (χ2v) is 2.85. The van der Waals surface area contributed by atoms with E-state index in [1.807, 2.05) is 0 Å². The van der Waals surface area contributed by atoms with Gasteiger partial charge in [0.2, 0.25) is 0 Å². The van der Waals surface area contributed by atoms with Crippen LogP contribution in [0.25, 0.3) is 0 Å². The van der Waals surface area contributed by atoms with Crippen molar-refractivity contribution in [2.75, 3.05) is 0 Å². The van der Waals surface area contributed by atoms with Gasteiger partial charge in [0.25, 0.3) is 0 Å². The van der Waals surface area contributed by atoms with Gasteiger partial charge in [-0.15, -0.1) is 0 Å². The number of nitrogens with two attached hydrogens (primary N) is 1. The monoisotopic (exact) mass is 188 g/mol. The van der Waals surface area contributed by atoms with Gasteiger partial charge in [-0.05, 0) is 12.5 Å². The Labute approximate surface area is 73.1 Å². The smallest absolute Gasteiger partial charge is 0.314 e. The largest absolute Gasteiger partial charge is 0.410 e. The number of nitrogens with zero attached hydrogens (tertiary/aromatic N) is 1. The SMILES string of the molecule is N#CC1=CCC(N)(C(F)(F)F)C=C1. The van der Waals surface area contributed by atoms with E-state index in [1.54, 1.807) is 6.07 Å². The summed E-state index contributed by atoms with van der Waals surface area (Å²) in [5.74, 6) is 0. The summed E-state index contributed by atoms with van der Waals surface area (Å²) in [6, 6.07) is 1.74. The van der Waals surface area contributed by atoms with E-state index in [0.29, 0.717) is 0 Å². The molecule has 0 radical (unpaired) electrons. The van der Waals surface area contributed by atoms with Crippen LogP contribution in [0.4, 0.5) is 13.2 Å². The van der Waals surface area contributed by atoms with Crippen molar-refractivity contribution in [2.45, 2.75) is 18.1 Å². The van der Waals surface area contributed by atoms with E-state index in [2.05, 4.69) is 0 Å². The average Bonchev–Trinajstić information content (AvgIpc) is 2.04. The molecule has 0 amide bonds. The summed E-state index contributed by atoms with van der Waals surface area (Å²) in [5, 5.41) is 8.37. The second-order valence-electron chi connectivity index (χ2n) is 2.85. The number of alkyl halides is 3. The van der Waals surface area contributed by atoms with Crippen molar-refractivity contribution in [1.29, 1.82) is 5.26 Å². The van der Waals surface area contributed by atoms with E-state index in [9.17, 15) is 13.2 Å². The third kappa shape index (κ3) is 1.73. The topological polar surface area (TPSA) is 49.8 Å². The van der Waals surface area contributed by atoms with Crippen molar-refractivity contribution in [3.05, 3.63) is 23.8 Å². The summed E-state index contributed by atoms with van der Waals surface area (Å²) in [5.41, 5.74) is 2.99. The summed E-state index contributed by atoms with van der Waals surface area (Å²) in [7, 11) is 0. The second kappa shape index (κ2) is 2.89. The molecule has 0 aliphatic heterocycles. The van der Waals surface area contributed by atoms with Crippen LogP contribution in [-0.4, -0.2) is 11.7 Å². The Hall–Kier alpha value is -1.28. The minimum Gasteiger partial charge on any atom is -0.314 e. The van der Waals surface area contributed by atoms with Crippen LogP contribution in [0.2, 0.25) is 0 Å². The van der Waals surface area contributed by atoms with Crippen LogP contribution in [0.5, 0.6) is 0 Å². The number of hydrogen-bond donors (Lipinski definition) is 1. The molecule has 5 heteroatoms. The Bertz CT molecular complexity index is 308. The maximum atomic E-state index is 12.3. The summed E-state index contributed by atoms with van der Waals surface area (Å²) in [6.07, 6.45) is -1.74. The summed E-state index contributed by atoms with van der Waals surface area (Å²) in [4.78, 5) is 0. The lowest BCUT2D eigenvalue weighted by molar-refractivity contribution is -0.170. The van der Waals surface area contributed by atoms with Crippen LogP contribution in [0.3, 0.4) is 0 Å². The first-order chi connectivity index (χ1) is 5.89. The fourth-order valence-electron chi connectivity index (χ4n) is 0.947. The van der Waals surface area contributed by atoms with E-state index in [4.69, 9.17) is 11.0 Å². The molecule has 0 aromatic carbocycles. The lowest BCUT2D eigenvalue weighted by Crippen LogP contribution is -2.52. The highest BCUT2D eigenvalue weighted by Gasteiger charge is 2.50. The first-order valence-corrected chi connectivity index (χ1v) is 3.54. The molecule has 1 unspecified atom stereocenters. The molecule has 0 heterocycles. The summed E-state index contributed by atoms with van der Waals surface area (Å²) in [6.45, 7) is 0. The normalized spacial score (nSPS) is 28.1. The molecule has 0 aromatic rings. The Kier molecular flexibility index (Phi) is 2.18. The third-order valence-corrected chi connectivity index (χ3v) is 1.88. The Morgan fingerprint density at radius 3 is 2.46 bits per heavy atom. The molecule has 2 N–H and O–H groups in total. The first-order valence-electron chi connectivity index (χ1n) is 3.54. The van der Waals surface area contributed by atoms with Gasteiger partial charge in [0.05, 0.1) is 6.07 Å². The highest BCUT2D eigenvalue weighted by atomic mass is 19.4. The third-order valence-electron chi connectivity index (χ3n) is 1.88. The van der Waals surface area contributed by atoms with Crippen LogP contribution in [0.15, 0.2) is 23.8 Å². The molecule has 1 atom stereocenters. The van der Waals surface area contributed by atoms with Crippen molar-refractivity contribution in [2.24, 2.45) is 5.73 Å². The zero-order valence-corrected chi connectivity index (χ0v) is 6.60. The number of halogens is 3. The zero-order valence-electron chi connectivity index (χ0n) is 6.60. The van der Waals surface area contributed by atoms with E-state index in [-0.39, 0.29) is 12.0 Å². The minimum absolute atomic E-state index is 0.213. The number of nitriles is 1. The van der Waals surface area contributed by atoms with Crippen LogP contribution in [0.1, 0.15) is 6.42 Å². The molecule has 0 saturated carbocycles. The number of hydrogen-bond acceptors (Lipinski definition) is 2. The lowest BCUT2D eigenvalue weighted by atomic mass is 9.89. The zero-order chi connectivity index (χ0) is 10.1. The van der Waals surface area contributed by atoms with Gasteiger partial charge in [0, 0.05) is 5.57 Å². The van der Waals surface area contributed by atoms with Crippen LogP contribution in [-0.2, 0) is 0 Å². The molecular formula is C8H7F3N2. The summed E-state index contributed by atoms with van der Waals surface area (Å²) >= 11 is 0. The van der Waals surface area contributed by atoms with Gasteiger partial charge >= 0.3 is 6.18 Å². The maximum absolute atomic E-state index is 12.3. The summed E-state index contributed by atoms with van der Waals surface area (Å²) < 4.78 is 36.8. The maximum Gasteiger partial charge on any atom is 0.410 e. The lowest BCUT2D eigenvalue weighted by Gasteiger charge is -2.29. The molecule has 0 saturated heterocycles. The quantitative estimate of drug-likeness (QED) is 0.628. The fourth-order valence-corrected chi connectivity index (χ4v) is 0.947. The van der Waals surface area contributed by atoms with Gasteiger partial charge in [0.15, 0.2) is 0 Å². The molecule has 1 aliphatic rings. The standard InChI is InChI=1S/C8H7F3N2/c9-8(10,11)7(13)3-1-6(5-12)2-4-7/h1-3H,4,13H2. The van der Waals surface area contributed by atoms with Crippen molar-refractivity contribution >= 4 is 0 Å². The van der Waals surface area contributed by atoms with Crippen molar-refractivity contribution < 1.29 is 13.2 Å². The molecular weight excluding hydrogens is 181 g/mol. The fraction of sp³-hybridized carbons (Fsp3) is 0.375. The molecule has 0 aromatic heterocycles. The van der Waals surface area contributed by atoms with Gasteiger partial charge in [-0.3, -0.25) is 0 Å². The molecule has 0 spiro atoms. The molecule has 0 bridgehead atoms. The van der Waals surface area contributed by atoms with Gasteiger partial charge < -0.3 is 5.73 Å². The predicted molar refractivity (Wildman–Crippen MR) is 40.4 cm³/mol. The van der Waals surface area contributed by atoms with Crippen LogP contribution in [0, 0.1) is 11.3 Å². The van der Waals surface area contributed by atoms with Gasteiger partial charge in [-0.1, -0.05) is 12.2 Å². The minimum atomic E-state index is -4.47. The van der Waals surface area contributed by atoms with Gasteiger partial charge in [-0.2, -0.15) is 18.4 Å². The van der Waals surface area contributed by atoms with Crippen LogP contribution < -0.4 is 5.73 Å². The average molecular weight is 188 g/mol. The number of allylic oxidation sites excluding steroid dienone is 2. The van der Waals surface area contributed by atoms with Crippen molar-refractivity contribution in [3.63, 3.8) is 0 Å². The van der Waals surface area contributed by atoms with Gasteiger partial charge in [0.1, 0.15) is 5.54 Å². The van der Waals surface area contributed by atoms with E-state index in [1.165, 1.54) is 6.08 Å². The Balaban J connectivity index is 2.89. The van der Waals surface area contributed by atoms with E-state index >= 15 is 0 Å². The molecule has 0 fully saturated rings. The molecule has 1 aliphatic carbocycles. The molecule has 13 heavy (non-hydrogen) atoms. The highest BCUT2D eigenvalue weighted by molar-refractivity contribution is 5.39. The van der Waals surface area contributed by atoms with E-state index in [0.717, 1.165) is 12.2 Å². The molecule has 70 valence electrons. The first kappa shape index (κ1) is 9.81. The molecule has 1 rings (SSSR count). The van der Waals surface area contributed by atoms with Crippen molar-refractivity contribution in [1.82, 2.24) is 0 Å². The molecule has 2 nitrogen and oxygen atoms in total. The highest BCUT2D eigenvalue weighted by Crippen LogP contribution is 2.34. The Morgan fingerprint density at radius 2 is 2.15 bits per heavy atom. The Morgan fingerprint density at radius 1 is 1.54 bits per heavy atom. The van der Waals surface area contributed by atoms with Gasteiger partial charge in [-0.25, -0.2) is 0 Å². The van der Waals surface area contributed by atoms with E-state index < -0.39 is 11.7 Å². The van der Waals surface area contributed by atoms with Crippen LogP contribution >= 0.6 is 0 Å². The number of rotatable bonds is 0.